The Bertz CT molecular complexity index is 407. The lowest BCUT2D eigenvalue weighted by Crippen LogP contribution is -2.44. The largest absolute Gasteiger partial charge is 0.278 e. The van der Waals surface area contributed by atoms with Gasteiger partial charge in [0, 0.05) is 19.2 Å². The molecule has 0 aromatic heterocycles. The van der Waals surface area contributed by atoms with Gasteiger partial charge in [0.1, 0.15) is 0 Å². The molecule has 0 aliphatic carbocycles. The van der Waals surface area contributed by atoms with Crippen LogP contribution in [0.5, 0.6) is 0 Å². The van der Waals surface area contributed by atoms with Gasteiger partial charge < -0.3 is 0 Å². The van der Waals surface area contributed by atoms with Gasteiger partial charge in [-0.3, -0.25) is 14.6 Å². The van der Waals surface area contributed by atoms with Crippen LogP contribution in [0.2, 0.25) is 0 Å². The van der Waals surface area contributed by atoms with Gasteiger partial charge in [0.05, 0.1) is 5.69 Å². The molecule has 1 aromatic carbocycles. The van der Waals surface area contributed by atoms with E-state index in [2.05, 4.69) is 0 Å². The lowest BCUT2D eigenvalue weighted by atomic mass is 10.3. The van der Waals surface area contributed by atoms with Crippen LogP contribution < -0.4 is 5.01 Å². The lowest BCUT2D eigenvalue weighted by Gasteiger charge is -2.27. The Labute approximate surface area is 87.4 Å². The fraction of sp³-hybridized carbons (Fsp3) is 0.0909. The zero-order chi connectivity index (χ0) is 10.8. The Morgan fingerprint density at radius 2 is 1.53 bits per heavy atom. The number of para-hydroxylation sites is 1. The average molecular weight is 202 g/mol. The topological polar surface area (TPSA) is 40.6 Å². The van der Waals surface area contributed by atoms with Gasteiger partial charge in [0.15, 0.2) is 0 Å². The van der Waals surface area contributed by atoms with Crippen LogP contribution in [0.4, 0.5) is 5.69 Å². The third kappa shape index (κ3) is 1.61. The van der Waals surface area contributed by atoms with E-state index < -0.39 is 0 Å². The first kappa shape index (κ1) is 9.45. The number of amides is 2. The Morgan fingerprint density at radius 1 is 1.00 bits per heavy atom. The number of carbonyl (C=O) groups is 2. The van der Waals surface area contributed by atoms with Crippen LogP contribution in [0.25, 0.3) is 0 Å². The SMILES string of the molecule is CN(c1ccccc1)N1C(=O)C=CC1=O. The molecule has 0 spiro atoms. The number of hydrogen-bond donors (Lipinski definition) is 0. The first-order valence-electron chi connectivity index (χ1n) is 4.55. The molecule has 0 radical (unpaired) electrons. The highest BCUT2D eigenvalue weighted by Gasteiger charge is 2.27. The Balaban J connectivity index is 2.26. The molecule has 0 bridgehead atoms. The van der Waals surface area contributed by atoms with E-state index in [9.17, 15) is 9.59 Å². The minimum Gasteiger partial charge on any atom is -0.278 e. The van der Waals surface area contributed by atoms with Gasteiger partial charge in [0.25, 0.3) is 11.8 Å². The minimum absolute atomic E-state index is 0.314. The summed E-state index contributed by atoms with van der Waals surface area (Å²) in [4.78, 5) is 22.8. The molecule has 0 saturated carbocycles. The van der Waals surface area contributed by atoms with Crippen molar-refractivity contribution in [1.82, 2.24) is 5.01 Å². The molecule has 4 nitrogen and oxygen atoms in total. The second kappa shape index (κ2) is 3.57. The molecule has 0 fully saturated rings. The molecule has 0 N–H and O–H groups in total. The quantitative estimate of drug-likeness (QED) is 0.671. The second-order valence-corrected chi connectivity index (χ2v) is 3.18. The van der Waals surface area contributed by atoms with Crippen molar-refractivity contribution in [3.8, 4) is 0 Å². The number of hydrazine groups is 1. The summed E-state index contributed by atoms with van der Waals surface area (Å²) < 4.78 is 0. The second-order valence-electron chi connectivity index (χ2n) is 3.18. The van der Waals surface area contributed by atoms with E-state index in [0.29, 0.717) is 0 Å². The Hall–Kier alpha value is -2.10. The number of hydrogen-bond acceptors (Lipinski definition) is 3. The molecule has 15 heavy (non-hydrogen) atoms. The summed E-state index contributed by atoms with van der Waals surface area (Å²) >= 11 is 0. The van der Waals surface area contributed by atoms with Crippen molar-refractivity contribution in [1.29, 1.82) is 0 Å². The summed E-state index contributed by atoms with van der Waals surface area (Å²) in [6.45, 7) is 0. The highest BCUT2D eigenvalue weighted by atomic mass is 16.2. The summed E-state index contributed by atoms with van der Waals surface area (Å²) in [5, 5.41) is 2.62. The third-order valence-corrected chi connectivity index (χ3v) is 2.22. The molecular weight excluding hydrogens is 192 g/mol. The number of rotatable bonds is 2. The predicted octanol–water partition coefficient (Wildman–Crippen LogP) is 0.963. The molecule has 76 valence electrons. The molecule has 1 aliphatic heterocycles. The lowest BCUT2D eigenvalue weighted by molar-refractivity contribution is -0.137. The Morgan fingerprint density at radius 3 is 2.07 bits per heavy atom. The van der Waals surface area contributed by atoms with Crippen molar-refractivity contribution in [3.63, 3.8) is 0 Å². The molecule has 1 aliphatic rings. The fourth-order valence-corrected chi connectivity index (χ4v) is 1.45. The van der Waals surface area contributed by atoms with Crippen LogP contribution in [0, 0.1) is 0 Å². The van der Waals surface area contributed by atoms with Crippen molar-refractivity contribution in [2.45, 2.75) is 0 Å². The minimum atomic E-state index is -0.314. The number of nitrogens with zero attached hydrogens (tertiary/aromatic N) is 2. The maximum atomic E-state index is 11.4. The van der Waals surface area contributed by atoms with Crippen molar-refractivity contribution < 1.29 is 9.59 Å². The summed E-state index contributed by atoms with van der Waals surface area (Å²) in [5.41, 5.74) is 0.794. The smallest absolute Gasteiger partial charge is 0.272 e. The summed E-state index contributed by atoms with van der Waals surface area (Å²) in [5.74, 6) is -0.627. The molecular formula is C11H10N2O2. The van der Waals surface area contributed by atoms with E-state index in [-0.39, 0.29) is 11.8 Å². The van der Waals surface area contributed by atoms with Crippen LogP contribution in [-0.4, -0.2) is 23.9 Å². The monoisotopic (exact) mass is 202 g/mol. The van der Waals surface area contributed by atoms with Crippen LogP contribution in [0.3, 0.4) is 0 Å². The standard InChI is InChI=1S/C11H10N2O2/c1-12(9-5-3-2-4-6-9)13-10(14)7-8-11(13)15/h2-8H,1H3. The van der Waals surface area contributed by atoms with Gasteiger partial charge in [-0.05, 0) is 12.1 Å². The molecule has 1 heterocycles. The zero-order valence-electron chi connectivity index (χ0n) is 8.25. The van der Waals surface area contributed by atoms with E-state index >= 15 is 0 Å². The highest BCUT2D eigenvalue weighted by Crippen LogP contribution is 2.16. The van der Waals surface area contributed by atoms with Crippen LogP contribution >= 0.6 is 0 Å². The predicted molar refractivity (Wildman–Crippen MR) is 55.8 cm³/mol. The summed E-state index contributed by atoms with van der Waals surface area (Å²) in [6.07, 6.45) is 2.53. The molecule has 2 rings (SSSR count). The molecule has 0 saturated heterocycles. The number of imide groups is 1. The molecule has 2 amide bonds. The summed E-state index contributed by atoms with van der Waals surface area (Å²) in [7, 11) is 1.68. The van der Waals surface area contributed by atoms with Crippen molar-refractivity contribution in [3.05, 3.63) is 42.5 Å². The number of carbonyl (C=O) groups excluding carboxylic acids is 2. The average Bonchev–Trinajstić information content (AvgIpc) is 2.59. The van der Waals surface area contributed by atoms with Gasteiger partial charge in [-0.2, -0.15) is 5.01 Å². The Kier molecular flexibility index (Phi) is 2.25. The first-order valence-corrected chi connectivity index (χ1v) is 4.55. The molecule has 0 atom stereocenters. The van der Waals surface area contributed by atoms with E-state index in [1.165, 1.54) is 17.2 Å². The van der Waals surface area contributed by atoms with Gasteiger partial charge in [-0.15, -0.1) is 0 Å². The van der Waals surface area contributed by atoms with E-state index in [4.69, 9.17) is 0 Å². The molecule has 1 aromatic rings. The van der Waals surface area contributed by atoms with Gasteiger partial charge in [-0.25, -0.2) is 0 Å². The number of anilines is 1. The zero-order valence-corrected chi connectivity index (χ0v) is 8.25. The van der Waals surface area contributed by atoms with Crippen LogP contribution in [-0.2, 0) is 9.59 Å². The normalized spacial score (nSPS) is 14.9. The fourth-order valence-electron chi connectivity index (χ4n) is 1.45. The third-order valence-electron chi connectivity index (χ3n) is 2.22. The van der Waals surface area contributed by atoms with E-state index in [0.717, 1.165) is 10.7 Å². The van der Waals surface area contributed by atoms with Gasteiger partial charge >= 0.3 is 0 Å². The molecule has 4 heteroatoms. The first-order chi connectivity index (χ1) is 7.20. The molecule has 0 unspecified atom stereocenters. The van der Waals surface area contributed by atoms with Crippen molar-refractivity contribution in [2.24, 2.45) is 0 Å². The van der Waals surface area contributed by atoms with Crippen LogP contribution in [0.15, 0.2) is 42.5 Å². The summed E-state index contributed by atoms with van der Waals surface area (Å²) in [6, 6.07) is 9.25. The van der Waals surface area contributed by atoms with Crippen LogP contribution in [0.1, 0.15) is 0 Å². The van der Waals surface area contributed by atoms with Crippen molar-refractivity contribution in [2.75, 3.05) is 12.1 Å². The van der Waals surface area contributed by atoms with E-state index in [1.54, 1.807) is 7.05 Å². The van der Waals surface area contributed by atoms with E-state index in [1.807, 2.05) is 30.3 Å². The number of benzene rings is 1. The maximum absolute atomic E-state index is 11.4. The maximum Gasteiger partial charge on any atom is 0.272 e. The van der Waals surface area contributed by atoms with Gasteiger partial charge in [-0.1, -0.05) is 18.2 Å². The highest BCUT2D eigenvalue weighted by molar-refractivity contribution is 6.13. The van der Waals surface area contributed by atoms with Crippen molar-refractivity contribution >= 4 is 17.5 Å². The van der Waals surface area contributed by atoms with Gasteiger partial charge in [0.2, 0.25) is 0 Å².